The third-order valence-corrected chi connectivity index (χ3v) is 3.69. The van der Waals surface area contributed by atoms with Gasteiger partial charge in [-0.1, -0.05) is 24.3 Å². The molecule has 2 rings (SSSR count). The van der Waals surface area contributed by atoms with Gasteiger partial charge in [-0.15, -0.1) is 0 Å². The van der Waals surface area contributed by atoms with Crippen LogP contribution in [0, 0.1) is 0 Å². The summed E-state index contributed by atoms with van der Waals surface area (Å²) in [6.07, 6.45) is 0. The minimum absolute atomic E-state index is 0.195. The Balaban J connectivity index is 1.98. The molecule has 138 valence electrons. The SMILES string of the molecule is COc1ccccc1CNC(=O)c1cccc(C(=O)NCCN(C)C)n1. The number of hydrogen-bond acceptors (Lipinski definition) is 5. The van der Waals surface area contributed by atoms with Crippen molar-refractivity contribution in [3.05, 3.63) is 59.4 Å². The molecule has 0 aliphatic heterocycles. The van der Waals surface area contributed by atoms with Crippen molar-refractivity contribution < 1.29 is 14.3 Å². The van der Waals surface area contributed by atoms with Crippen LogP contribution in [0.1, 0.15) is 26.5 Å². The molecule has 7 nitrogen and oxygen atoms in total. The van der Waals surface area contributed by atoms with E-state index >= 15 is 0 Å². The van der Waals surface area contributed by atoms with Gasteiger partial charge < -0.3 is 20.3 Å². The van der Waals surface area contributed by atoms with E-state index in [4.69, 9.17) is 4.74 Å². The number of nitrogens with zero attached hydrogens (tertiary/aromatic N) is 2. The number of pyridine rings is 1. The summed E-state index contributed by atoms with van der Waals surface area (Å²) in [7, 11) is 5.44. The number of aromatic nitrogens is 1. The molecule has 2 aromatic rings. The van der Waals surface area contributed by atoms with Gasteiger partial charge in [0.2, 0.25) is 0 Å². The van der Waals surface area contributed by atoms with E-state index in [2.05, 4.69) is 15.6 Å². The molecule has 0 bridgehead atoms. The highest BCUT2D eigenvalue weighted by atomic mass is 16.5. The fourth-order valence-electron chi connectivity index (χ4n) is 2.29. The van der Waals surface area contributed by atoms with E-state index in [9.17, 15) is 9.59 Å². The Bertz CT molecular complexity index is 762. The van der Waals surface area contributed by atoms with Crippen LogP contribution in [0.15, 0.2) is 42.5 Å². The lowest BCUT2D eigenvalue weighted by Crippen LogP contribution is -2.32. The molecule has 7 heteroatoms. The summed E-state index contributed by atoms with van der Waals surface area (Å²) in [6, 6.07) is 12.3. The highest BCUT2D eigenvalue weighted by Gasteiger charge is 2.12. The van der Waals surface area contributed by atoms with Crippen LogP contribution in [0.4, 0.5) is 0 Å². The van der Waals surface area contributed by atoms with E-state index in [0.29, 0.717) is 18.8 Å². The normalized spacial score (nSPS) is 10.5. The van der Waals surface area contributed by atoms with Gasteiger partial charge in [-0.3, -0.25) is 9.59 Å². The van der Waals surface area contributed by atoms with Crippen molar-refractivity contribution in [2.75, 3.05) is 34.3 Å². The van der Waals surface area contributed by atoms with Crippen LogP contribution in [0.3, 0.4) is 0 Å². The average Bonchev–Trinajstić information content (AvgIpc) is 2.66. The first-order valence-electron chi connectivity index (χ1n) is 8.31. The summed E-state index contributed by atoms with van der Waals surface area (Å²) in [4.78, 5) is 30.6. The Kier molecular flexibility index (Phi) is 7.11. The number of para-hydroxylation sites is 1. The quantitative estimate of drug-likeness (QED) is 0.745. The number of benzene rings is 1. The third-order valence-electron chi connectivity index (χ3n) is 3.69. The average molecular weight is 356 g/mol. The zero-order valence-corrected chi connectivity index (χ0v) is 15.3. The molecule has 1 aromatic heterocycles. The van der Waals surface area contributed by atoms with Crippen molar-refractivity contribution in [1.82, 2.24) is 20.5 Å². The highest BCUT2D eigenvalue weighted by Crippen LogP contribution is 2.16. The van der Waals surface area contributed by atoms with E-state index in [0.717, 1.165) is 12.1 Å². The second kappa shape index (κ2) is 9.53. The lowest BCUT2D eigenvalue weighted by molar-refractivity contribution is 0.0941. The number of ether oxygens (including phenoxy) is 1. The van der Waals surface area contributed by atoms with E-state index < -0.39 is 0 Å². The maximum Gasteiger partial charge on any atom is 0.270 e. The van der Waals surface area contributed by atoms with Crippen molar-refractivity contribution in [2.24, 2.45) is 0 Å². The van der Waals surface area contributed by atoms with Gasteiger partial charge in [0.25, 0.3) is 11.8 Å². The molecule has 1 heterocycles. The van der Waals surface area contributed by atoms with E-state index in [-0.39, 0.29) is 23.2 Å². The number of carbonyl (C=O) groups is 2. The maximum absolute atomic E-state index is 12.3. The fourth-order valence-corrected chi connectivity index (χ4v) is 2.29. The number of amides is 2. The van der Waals surface area contributed by atoms with Gasteiger partial charge in [0.05, 0.1) is 7.11 Å². The van der Waals surface area contributed by atoms with Crippen molar-refractivity contribution in [3.8, 4) is 5.75 Å². The topological polar surface area (TPSA) is 83.6 Å². The number of hydrogen-bond donors (Lipinski definition) is 2. The zero-order chi connectivity index (χ0) is 18.9. The highest BCUT2D eigenvalue weighted by molar-refractivity contribution is 5.96. The molecule has 2 amide bonds. The van der Waals surface area contributed by atoms with Crippen LogP contribution < -0.4 is 15.4 Å². The summed E-state index contributed by atoms with van der Waals surface area (Å²) < 4.78 is 5.26. The fraction of sp³-hybridized carbons (Fsp3) is 0.316. The van der Waals surface area contributed by atoms with Crippen molar-refractivity contribution >= 4 is 11.8 Å². The standard InChI is InChI=1S/C19H24N4O3/c1-23(2)12-11-20-18(24)15-8-6-9-16(22-15)19(25)21-13-14-7-4-5-10-17(14)26-3/h4-10H,11-13H2,1-3H3,(H,20,24)(H,21,25). The van der Waals surface area contributed by atoms with E-state index in [1.54, 1.807) is 25.3 Å². The van der Waals surface area contributed by atoms with Crippen LogP contribution >= 0.6 is 0 Å². The molecule has 0 fully saturated rings. The Morgan fingerprint density at radius 2 is 1.65 bits per heavy atom. The minimum atomic E-state index is -0.348. The molecular weight excluding hydrogens is 332 g/mol. The predicted octanol–water partition coefficient (Wildman–Crippen LogP) is 1.31. The molecule has 0 radical (unpaired) electrons. The number of likely N-dealkylation sites (N-methyl/N-ethyl adjacent to an activating group) is 1. The zero-order valence-electron chi connectivity index (χ0n) is 15.3. The van der Waals surface area contributed by atoms with Gasteiger partial charge in [0, 0.05) is 25.2 Å². The Labute approximate surface area is 153 Å². The Morgan fingerprint density at radius 3 is 2.31 bits per heavy atom. The lowest BCUT2D eigenvalue weighted by Gasteiger charge is -2.11. The number of nitrogens with one attached hydrogen (secondary N) is 2. The van der Waals surface area contributed by atoms with Crippen molar-refractivity contribution in [2.45, 2.75) is 6.54 Å². The summed E-state index contributed by atoms with van der Waals surface area (Å²) in [6.45, 7) is 1.55. The van der Waals surface area contributed by atoms with Crippen molar-refractivity contribution in [1.29, 1.82) is 0 Å². The van der Waals surface area contributed by atoms with Crippen molar-refractivity contribution in [3.63, 3.8) is 0 Å². The molecule has 0 aliphatic rings. The first-order chi connectivity index (χ1) is 12.5. The van der Waals surface area contributed by atoms with Crippen LogP contribution in [0.2, 0.25) is 0 Å². The largest absolute Gasteiger partial charge is 0.496 e. The number of methoxy groups -OCH3 is 1. The number of rotatable bonds is 8. The molecule has 0 saturated carbocycles. The second-order valence-electron chi connectivity index (χ2n) is 5.96. The number of carbonyl (C=O) groups excluding carboxylic acids is 2. The summed E-state index contributed by atoms with van der Waals surface area (Å²) in [5.41, 5.74) is 1.27. The van der Waals surface area contributed by atoms with Gasteiger partial charge in [0.1, 0.15) is 17.1 Å². The second-order valence-corrected chi connectivity index (χ2v) is 5.96. The van der Waals surface area contributed by atoms with E-state index in [1.165, 1.54) is 0 Å². The van der Waals surface area contributed by atoms with Crippen LogP contribution in [-0.2, 0) is 6.54 Å². The molecule has 0 spiro atoms. The van der Waals surface area contributed by atoms with Gasteiger partial charge >= 0.3 is 0 Å². The lowest BCUT2D eigenvalue weighted by atomic mass is 10.2. The Morgan fingerprint density at radius 1 is 1.00 bits per heavy atom. The van der Waals surface area contributed by atoms with Crippen LogP contribution in [0.25, 0.3) is 0 Å². The predicted molar refractivity (Wildman–Crippen MR) is 99.3 cm³/mol. The summed E-state index contributed by atoms with van der Waals surface area (Å²) in [5.74, 6) is 0.0554. The van der Waals surface area contributed by atoms with Gasteiger partial charge in [-0.25, -0.2) is 4.98 Å². The monoisotopic (exact) mass is 356 g/mol. The van der Waals surface area contributed by atoms with Gasteiger partial charge in [0.15, 0.2) is 0 Å². The smallest absolute Gasteiger partial charge is 0.270 e. The summed E-state index contributed by atoms with van der Waals surface area (Å²) >= 11 is 0. The Hall–Kier alpha value is -2.93. The van der Waals surface area contributed by atoms with Gasteiger partial charge in [-0.05, 0) is 32.3 Å². The molecule has 0 atom stereocenters. The van der Waals surface area contributed by atoms with Crippen LogP contribution in [0.5, 0.6) is 5.75 Å². The molecule has 0 unspecified atom stereocenters. The van der Waals surface area contributed by atoms with Crippen LogP contribution in [-0.4, -0.2) is 56.0 Å². The first-order valence-corrected chi connectivity index (χ1v) is 8.31. The molecular formula is C19H24N4O3. The third kappa shape index (κ3) is 5.56. The molecule has 1 aromatic carbocycles. The minimum Gasteiger partial charge on any atom is -0.496 e. The van der Waals surface area contributed by atoms with E-state index in [1.807, 2.05) is 43.3 Å². The van der Waals surface area contributed by atoms with Gasteiger partial charge in [-0.2, -0.15) is 0 Å². The first kappa shape index (κ1) is 19.4. The molecule has 0 aliphatic carbocycles. The molecule has 0 saturated heterocycles. The maximum atomic E-state index is 12.3. The molecule has 26 heavy (non-hydrogen) atoms. The summed E-state index contributed by atoms with van der Waals surface area (Å²) in [5, 5.41) is 5.57. The molecule has 2 N–H and O–H groups in total.